The number of aliphatic hydroxyl groups excluding tert-OH is 3. The molecule has 0 aromatic heterocycles. The third kappa shape index (κ3) is 4.20. The molecular formula is C33H32N4O9. The maximum Gasteiger partial charge on any atom is 0.323 e. The summed E-state index contributed by atoms with van der Waals surface area (Å²) in [5.41, 5.74) is 1.27. The number of rotatable bonds is 4. The number of Topliss-reactive ketones (excluding diaryl/α,β-unsaturated/α-hetero) is 2. The zero-order valence-electron chi connectivity index (χ0n) is 25.0. The number of carbonyl (C=O) groups is 4. The average molecular weight is 629 g/mol. The number of nitrogens with two attached hydrogens (primary N) is 1. The van der Waals surface area contributed by atoms with E-state index in [0.717, 1.165) is 10.8 Å². The molecule has 13 nitrogen and oxygen atoms in total. The van der Waals surface area contributed by atoms with E-state index in [1.165, 1.54) is 31.1 Å². The van der Waals surface area contributed by atoms with Gasteiger partial charge >= 0.3 is 6.03 Å². The quantitative estimate of drug-likeness (QED) is 0.155. The van der Waals surface area contributed by atoms with Crippen LogP contribution in [0.5, 0.6) is 5.75 Å². The molecule has 0 heterocycles. The van der Waals surface area contributed by atoms with Gasteiger partial charge in [0.1, 0.15) is 22.8 Å². The summed E-state index contributed by atoms with van der Waals surface area (Å²) in [5, 5.41) is 64.4. The number of urea groups is 1. The van der Waals surface area contributed by atoms with E-state index in [9.17, 15) is 44.7 Å². The minimum atomic E-state index is -3.02. The van der Waals surface area contributed by atoms with Crippen LogP contribution in [0.4, 0.5) is 16.2 Å². The number of ketones is 2. The molecule has 0 saturated heterocycles. The number of nitrogens with one attached hydrogen (secondary N) is 2. The lowest BCUT2D eigenvalue weighted by atomic mass is 9.54. The summed E-state index contributed by atoms with van der Waals surface area (Å²) in [5.74, 6) is -10.00. The first-order valence-corrected chi connectivity index (χ1v) is 14.5. The fourth-order valence-electron chi connectivity index (χ4n) is 7.33. The van der Waals surface area contributed by atoms with Crippen LogP contribution in [0.2, 0.25) is 0 Å². The number of carbonyl (C=O) groups excluding carboxylic acids is 4. The summed E-state index contributed by atoms with van der Waals surface area (Å²) in [6, 6.07) is 13.5. The van der Waals surface area contributed by atoms with Gasteiger partial charge < -0.3 is 41.9 Å². The van der Waals surface area contributed by atoms with Gasteiger partial charge in [0.15, 0.2) is 11.4 Å². The minimum absolute atomic E-state index is 0.121. The largest absolute Gasteiger partial charge is 0.508 e. The smallest absolute Gasteiger partial charge is 0.323 e. The normalized spacial score (nSPS) is 27.3. The highest BCUT2D eigenvalue weighted by Gasteiger charge is 2.68. The number of anilines is 2. The molecule has 46 heavy (non-hydrogen) atoms. The zero-order chi connectivity index (χ0) is 33.4. The second-order valence-corrected chi connectivity index (χ2v) is 12.1. The molecule has 0 bridgehead atoms. The molecule has 3 aliphatic carbocycles. The van der Waals surface area contributed by atoms with Gasteiger partial charge in [-0.1, -0.05) is 49.4 Å². The number of aliphatic hydroxyl groups is 4. The molecule has 6 rings (SSSR count). The molecule has 13 heteroatoms. The topological polar surface area (TPSA) is 223 Å². The Morgan fingerprint density at radius 1 is 0.935 bits per heavy atom. The molecule has 3 amide bonds. The Bertz CT molecular complexity index is 1930. The number of fused-ring (bicyclic) bond motifs is 4. The minimum Gasteiger partial charge on any atom is -0.508 e. The number of hydrogen-bond acceptors (Lipinski definition) is 10. The van der Waals surface area contributed by atoms with Crippen molar-refractivity contribution in [3.63, 3.8) is 0 Å². The summed E-state index contributed by atoms with van der Waals surface area (Å²) in [6.45, 7) is 1.62. The number of amides is 3. The SMILES string of the molecule is C[C@@H]1c2ccc(NC(=O)Nc3cccc4ccccc34)c(O)c2C(O)=C2C(=O)[C@@]3(O)C(O)=C(C(N)=O)C(=O)[C@H](N(C)C)[C@H]3[C@H](O)[C@@H]21. The van der Waals surface area contributed by atoms with Crippen LogP contribution in [0, 0.1) is 11.8 Å². The predicted molar refractivity (Wildman–Crippen MR) is 167 cm³/mol. The molecule has 238 valence electrons. The summed E-state index contributed by atoms with van der Waals surface area (Å²) in [7, 11) is 2.87. The highest BCUT2D eigenvalue weighted by Crippen LogP contribution is 2.56. The van der Waals surface area contributed by atoms with Crippen molar-refractivity contribution < 1.29 is 44.7 Å². The standard InChI is InChI=1S/C33H32N4O9/c1-13-15-11-12-18(36-32(45)35-17-10-6-8-14-7-4-5-9-16(14)17)25(38)20(15)26(39)21-19(13)27(40)23-24(37(2)3)28(41)22(31(34)44)30(43)33(23,46)29(21)42/h4-13,19,23-24,27,38-40,43,46H,1-3H3,(H2,34,44)(H2,35,36,45)/t13-,19-,23+,24-,27-,33-/m1/s1. The maximum absolute atomic E-state index is 14.1. The Balaban J connectivity index is 1.43. The van der Waals surface area contributed by atoms with E-state index >= 15 is 0 Å². The first-order valence-electron chi connectivity index (χ1n) is 14.5. The molecule has 0 unspecified atom stereocenters. The van der Waals surface area contributed by atoms with Gasteiger partial charge in [0, 0.05) is 16.9 Å². The Hall–Kier alpha value is -5.24. The van der Waals surface area contributed by atoms with Gasteiger partial charge in [-0.25, -0.2) is 4.79 Å². The number of aromatic hydroxyl groups is 1. The third-order valence-corrected chi connectivity index (χ3v) is 9.42. The van der Waals surface area contributed by atoms with E-state index in [0.29, 0.717) is 11.3 Å². The second kappa shape index (κ2) is 10.7. The van der Waals surface area contributed by atoms with Crippen molar-refractivity contribution >= 4 is 51.4 Å². The van der Waals surface area contributed by atoms with Gasteiger partial charge in [-0.15, -0.1) is 0 Å². The second-order valence-electron chi connectivity index (χ2n) is 12.1. The van der Waals surface area contributed by atoms with E-state index in [4.69, 9.17) is 5.73 Å². The highest BCUT2D eigenvalue weighted by molar-refractivity contribution is 6.24. The number of benzene rings is 3. The molecule has 1 fully saturated rings. The van der Waals surface area contributed by atoms with Gasteiger partial charge in [-0.05, 0) is 43.1 Å². The van der Waals surface area contributed by atoms with Crippen molar-refractivity contribution in [3.05, 3.63) is 82.6 Å². The van der Waals surface area contributed by atoms with Gasteiger partial charge in [-0.3, -0.25) is 19.3 Å². The molecule has 0 radical (unpaired) electrons. The summed E-state index contributed by atoms with van der Waals surface area (Å²) < 4.78 is 0. The van der Waals surface area contributed by atoms with E-state index in [1.807, 2.05) is 30.3 Å². The van der Waals surface area contributed by atoms with Crippen LogP contribution in [0.3, 0.4) is 0 Å². The third-order valence-electron chi connectivity index (χ3n) is 9.42. The number of primary amides is 1. The van der Waals surface area contributed by atoms with Crippen molar-refractivity contribution in [2.24, 2.45) is 17.6 Å². The number of phenols is 1. The lowest BCUT2D eigenvalue weighted by molar-refractivity contribution is -0.169. The molecule has 9 N–H and O–H groups in total. The van der Waals surface area contributed by atoms with Gasteiger partial charge in [0.05, 0.1) is 35.0 Å². The Morgan fingerprint density at radius 2 is 1.59 bits per heavy atom. The number of phenolic OH excluding ortho intramolecular Hbond substituents is 1. The van der Waals surface area contributed by atoms with Crippen LogP contribution in [0.15, 0.2) is 71.5 Å². The Morgan fingerprint density at radius 3 is 2.26 bits per heavy atom. The van der Waals surface area contributed by atoms with E-state index < -0.39 is 87.4 Å². The average Bonchev–Trinajstić information content (AvgIpc) is 3.00. The highest BCUT2D eigenvalue weighted by atomic mass is 16.4. The Labute approximate surface area is 262 Å². The molecular weight excluding hydrogens is 596 g/mol. The fraction of sp³-hybridized carbons (Fsp3) is 0.273. The van der Waals surface area contributed by atoms with Crippen LogP contribution in [-0.4, -0.2) is 85.8 Å². The van der Waals surface area contributed by atoms with Crippen molar-refractivity contribution in [1.82, 2.24) is 4.90 Å². The lowest BCUT2D eigenvalue weighted by Crippen LogP contribution is -2.70. The Kier molecular flexibility index (Phi) is 7.15. The zero-order valence-corrected chi connectivity index (χ0v) is 25.0. The van der Waals surface area contributed by atoms with Crippen LogP contribution >= 0.6 is 0 Å². The first-order chi connectivity index (χ1) is 21.7. The summed E-state index contributed by atoms with van der Waals surface area (Å²) in [4.78, 5) is 54.0. The molecule has 3 aliphatic rings. The number of nitrogens with zero attached hydrogens (tertiary/aromatic N) is 1. The molecule has 0 aliphatic heterocycles. The van der Waals surface area contributed by atoms with Crippen LogP contribution in [0.25, 0.3) is 16.5 Å². The number of likely N-dealkylation sites (N-methyl/N-ethyl adjacent to an activating group) is 1. The monoisotopic (exact) mass is 628 g/mol. The molecule has 0 spiro atoms. The van der Waals surface area contributed by atoms with Crippen molar-refractivity contribution in [3.8, 4) is 5.75 Å². The maximum atomic E-state index is 14.1. The van der Waals surface area contributed by atoms with Crippen molar-refractivity contribution in [1.29, 1.82) is 0 Å². The first kappa shape index (κ1) is 30.8. The summed E-state index contributed by atoms with van der Waals surface area (Å²) >= 11 is 0. The van der Waals surface area contributed by atoms with Crippen LogP contribution in [0.1, 0.15) is 24.0 Å². The van der Waals surface area contributed by atoms with E-state index in [1.54, 1.807) is 19.1 Å². The predicted octanol–water partition coefficient (Wildman–Crippen LogP) is 2.29. The van der Waals surface area contributed by atoms with Crippen molar-refractivity contribution in [2.75, 3.05) is 24.7 Å². The van der Waals surface area contributed by atoms with Crippen molar-refractivity contribution in [2.45, 2.75) is 30.6 Å². The van der Waals surface area contributed by atoms with E-state index in [2.05, 4.69) is 10.6 Å². The van der Waals surface area contributed by atoms with E-state index in [-0.39, 0.29) is 11.3 Å². The molecule has 1 saturated carbocycles. The van der Waals surface area contributed by atoms with Gasteiger partial charge in [0.2, 0.25) is 5.78 Å². The van der Waals surface area contributed by atoms with Crippen LogP contribution < -0.4 is 16.4 Å². The lowest BCUT2D eigenvalue weighted by Gasteiger charge is -2.53. The fourth-order valence-corrected chi connectivity index (χ4v) is 7.33. The molecule has 3 aromatic carbocycles. The van der Waals surface area contributed by atoms with Gasteiger partial charge in [0.25, 0.3) is 5.91 Å². The number of hydrogen-bond donors (Lipinski definition) is 8. The molecule has 3 aromatic rings. The van der Waals surface area contributed by atoms with Crippen LogP contribution in [-0.2, 0) is 14.4 Å². The summed E-state index contributed by atoms with van der Waals surface area (Å²) in [6.07, 6.45) is -1.71. The molecule has 6 atom stereocenters. The van der Waals surface area contributed by atoms with Gasteiger partial charge in [-0.2, -0.15) is 0 Å².